The monoisotopic (exact) mass is 818 g/mol. The van der Waals surface area contributed by atoms with Crippen molar-refractivity contribution in [3.05, 3.63) is 67.8 Å². The molecule has 8 atom stereocenters. The van der Waals surface area contributed by atoms with Crippen LogP contribution in [0.1, 0.15) is 82.5 Å². The van der Waals surface area contributed by atoms with E-state index in [-0.39, 0.29) is 85.0 Å². The summed E-state index contributed by atoms with van der Waals surface area (Å²) in [6, 6.07) is 4.06. The van der Waals surface area contributed by atoms with E-state index in [1.807, 2.05) is 13.0 Å². The highest BCUT2D eigenvalue weighted by molar-refractivity contribution is 6.01. The molecule has 1 aromatic rings. The van der Waals surface area contributed by atoms with Crippen LogP contribution in [0.4, 0.5) is 4.79 Å². The van der Waals surface area contributed by atoms with Gasteiger partial charge in [-0.15, -0.1) is 20.2 Å². The maximum atomic E-state index is 13.7. The minimum atomic E-state index is -1.11. The maximum absolute atomic E-state index is 13.7. The van der Waals surface area contributed by atoms with Crippen molar-refractivity contribution >= 4 is 29.7 Å². The van der Waals surface area contributed by atoms with Crippen molar-refractivity contribution in [2.24, 2.45) is 40.4 Å². The summed E-state index contributed by atoms with van der Waals surface area (Å²) in [5, 5.41) is 37.5. The second-order valence-corrected chi connectivity index (χ2v) is 15.4. The van der Waals surface area contributed by atoms with Crippen molar-refractivity contribution in [3.8, 4) is 11.5 Å². The van der Waals surface area contributed by atoms with Crippen molar-refractivity contribution in [1.29, 1.82) is 0 Å². The number of esters is 1. The van der Waals surface area contributed by atoms with Crippen LogP contribution in [-0.2, 0) is 33.5 Å². The normalized spacial score (nSPS) is 27.8. The minimum Gasteiger partial charge on any atom is -0.493 e. The third-order valence-corrected chi connectivity index (χ3v) is 11.8. The van der Waals surface area contributed by atoms with Crippen LogP contribution in [0.15, 0.2) is 42.0 Å². The van der Waals surface area contributed by atoms with E-state index in [4.69, 9.17) is 24.1 Å². The molecule has 318 valence electrons. The minimum absolute atomic E-state index is 0.0147. The molecule has 3 saturated carbocycles. The second kappa shape index (κ2) is 19.7. The van der Waals surface area contributed by atoms with Gasteiger partial charge in [-0.1, -0.05) is 32.4 Å². The Morgan fingerprint density at radius 2 is 1.64 bits per heavy atom. The lowest BCUT2D eigenvalue weighted by Gasteiger charge is -2.58. The number of benzene rings is 1. The van der Waals surface area contributed by atoms with Gasteiger partial charge in [-0.2, -0.15) is 0 Å². The summed E-state index contributed by atoms with van der Waals surface area (Å²) in [5.41, 5.74) is 0.331. The first kappa shape index (κ1) is 45.1. The van der Waals surface area contributed by atoms with Crippen molar-refractivity contribution in [2.75, 3.05) is 33.5 Å². The fraction of sp³-hybridized carbons (Fsp3) is 0.615. The van der Waals surface area contributed by atoms with Crippen LogP contribution >= 0.6 is 0 Å². The zero-order chi connectivity index (χ0) is 42.8. The fourth-order valence-corrected chi connectivity index (χ4v) is 9.55. The maximum Gasteiger partial charge on any atom is 0.514 e. The Morgan fingerprint density at radius 1 is 0.966 bits per heavy atom. The number of fused-ring (bicyclic) bond motifs is 5. The fourth-order valence-electron chi connectivity index (χ4n) is 9.55. The molecular weight excluding hydrogens is 768 g/mol. The number of aliphatic hydroxyl groups excluding tert-OH is 1. The lowest BCUT2D eigenvalue weighted by molar-refractivity contribution is -0.757. The lowest BCUT2D eigenvalue weighted by Crippen LogP contribution is -2.56. The molecule has 0 bridgehead atoms. The number of Topliss-reactive ketones (excluding diaryl/α,β-unsaturated/α-hetero) is 1. The number of unbranched alkanes of at least 4 members (excludes halogenated alkanes) is 1. The molecule has 0 aromatic heterocycles. The molecule has 19 heteroatoms. The van der Waals surface area contributed by atoms with Crippen molar-refractivity contribution < 1.29 is 73.0 Å². The van der Waals surface area contributed by atoms with E-state index in [2.05, 4.69) is 23.5 Å². The number of methoxy groups -OCH3 is 1. The molecule has 0 heterocycles. The number of carbonyl (C=O) groups is 5. The quantitative estimate of drug-likeness (QED) is 0.0678. The Bertz CT molecular complexity index is 1780. The van der Waals surface area contributed by atoms with Gasteiger partial charge in [-0.3, -0.25) is 14.4 Å². The van der Waals surface area contributed by atoms with Gasteiger partial charge in [-0.25, -0.2) is 9.59 Å². The smallest absolute Gasteiger partial charge is 0.493 e. The average molecular weight is 819 g/mol. The van der Waals surface area contributed by atoms with E-state index in [0.717, 1.165) is 24.8 Å². The van der Waals surface area contributed by atoms with E-state index >= 15 is 0 Å². The zero-order valence-electron chi connectivity index (χ0n) is 32.8. The summed E-state index contributed by atoms with van der Waals surface area (Å²) in [5.74, 6) is -1.90. The number of rotatable bonds is 17. The molecule has 8 unspecified atom stereocenters. The van der Waals surface area contributed by atoms with Gasteiger partial charge in [0.25, 0.3) is 10.2 Å². The first-order valence-corrected chi connectivity index (χ1v) is 19.0. The van der Waals surface area contributed by atoms with Crippen LogP contribution in [0.5, 0.6) is 11.5 Å². The SMILES string of the molecule is COc1cc(C(=O)OCCCCO[N+](=O)[O-])ccc1OC(=O)OCC(=O)C1C(C)CC2C3CCC4=CC(=O)C=CC4(C)C3C(O)CC21C.O=C(O)CCCO[N+](=O)[O-]. The topological polar surface area (TPSA) is 267 Å². The number of ether oxygens (including phenoxy) is 4. The first-order chi connectivity index (χ1) is 27.4. The van der Waals surface area contributed by atoms with Crippen molar-refractivity contribution in [3.63, 3.8) is 0 Å². The number of carboxylic acids is 1. The van der Waals surface area contributed by atoms with E-state index in [9.17, 15) is 49.3 Å². The van der Waals surface area contributed by atoms with Crippen molar-refractivity contribution in [2.45, 2.75) is 78.2 Å². The van der Waals surface area contributed by atoms with E-state index < -0.39 is 57.7 Å². The highest BCUT2D eigenvalue weighted by Gasteiger charge is 2.64. The highest BCUT2D eigenvalue weighted by Crippen LogP contribution is 2.67. The molecule has 2 N–H and O–H groups in total. The Hall–Kier alpha value is -5.59. The summed E-state index contributed by atoms with van der Waals surface area (Å²) in [4.78, 5) is 88.4. The molecule has 4 aliphatic carbocycles. The molecule has 19 nitrogen and oxygen atoms in total. The molecule has 0 saturated heterocycles. The molecule has 0 aliphatic heterocycles. The molecule has 4 aliphatic rings. The number of allylic oxidation sites excluding steroid dienone is 4. The first-order valence-electron chi connectivity index (χ1n) is 19.0. The number of carboxylic acid groups (broad SMARTS) is 1. The van der Waals surface area contributed by atoms with Crippen LogP contribution in [0.25, 0.3) is 0 Å². The Labute approximate surface area is 333 Å². The van der Waals surface area contributed by atoms with Crippen LogP contribution in [-0.4, -0.2) is 89.7 Å². The highest BCUT2D eigenvalue weighted by atomic mass is 17.0. The van der Waals surface area contributed by atoms with Gasteiger partial charge in [0.05, 0.1) is 38.6 Å². The lowest BCUT2D eigenvalue weighted by atomic mass is 9.46. The largest absolute Gasteiger partial charge is 0.514 e. The number of carbonyl (C=O) groups excluding carboxylic acids is 4. The molecule has 5 rings (SSSR count). The molecule has 0 radical (unpaired) electrons. The molecule has 58 heavy (non-hydrogen) atoms. The number of hydrogen-bond donors (Lipinski definition) is 2. The predicted molar refractivity (Wildman–Crippen MR) is 198 cm³/mol. The van der Waals surface area contributed by atoms with Crippen LogP contribution in [0, 0.1) is 60.6 Å². The summed E-state index contributed by atoms with van der Waals surface area (Å²) in [7, 11) is 1.33. The number of aliphatic carboxylic acids is 1. The van der Waals surface area contributed by atoms with Crippen molar-refractivity contribution in [1.82, 2.24) is 0 Å². The number of aliphatic hydroxyl groups is 1. The van der Waals surface area contributed by atoms with Crippen LogP contribution in [0.3, 0.4) is 0 Å². The number of ketones is 2. The van der Waals surface area contributed by atoms with Crippen LogP contribution < -0.4 is 9.47 Å². The third-order valence-electron chi connectivity index (χ3n) is 11.8. The molecule has 0 spiro atoms. The Morgan fingerprint density at radius 3 is 2.29 bits per heavy atom. The van der Waals surface area contributed by atoms with E-state index in [1.165, 1.54) is 25.3 Å². The van der Waals surface area contributed by atoms with Gasteiger partial charge in [0.2, 0.25) is 0 Å². The van der Waals surface area contributed by atoms with E-state index in [0.29, 0.717) is 19.3 Å². The third kappa shape index (κ3) is 10.9. The number of nitrogens with zero attached hydrogens (tertiary/aromatic N) is 2. The van der Waals surface area contributed by atoms with Gasteiger partial charge in [-0.05, 0) is 98.5 Å². The molecule has 3 fully saturated rings. The molecular formula is C39H50N2O17. The molecule has 1 aromatic carbocycles. The Balaban J connectivity index is 0.000000657. The summed E-state index contributed by atoms with van der Waals surface area (Å²) in [6.07, 6.45) is 7.18. The van der Waals surface area contributed by atoms with Gasteiger partial charge >= 0.3 is 18.1 Å². The average Bonchev–Trinajstić information content (AvgIpc) is 3.43. The zero-order valence-corrected chi connectivity index (χ0v) is 32.8. The summed E-state index contributed by atoms with van der Waals surface area (Å²) >= 11 is 0. The van der Waals surface area contributed by atoms with Gasteiger partial charge in [0, 0.05) is 23.7 Å². The summed E-state index contributed by atoms with van der Waals surface area (Å²) < 4.78 is 21.0. The number of hydrogen-bond acceptors (Lipinski definition) is 16. The predicted octanol–water partition coefficient (Wildman–Crippen LogP) is 5.13. The van der Waals surface area contributed by atoms with E-state index in [1.54, 1.807) is 12.2 Å². The van der Waals surface area contributed by atoms with Gasteiger partial charge < -0.3 is 38.8 Å². The van der Waals surface area contributed by atoms with Gasteiger partial charge in [0.1, 0.15) is 0 Å². The Kier molecular flexibility index (Phi) is 15.3. The van der Waals surface area contributed by atoms with Gasteiger partial charge in [0.15, 0.2) is 29.7 Å². The summed E-state index contributed by atoms with van der Waals surface area (Å²) in [6.45, 7) is 5.52. The second-order valence-electron chi connectivity index (χ2n) is 15.4. The van der Waals surface area contributed by atoms with Crippen LogP contribution in [0.2, 0.25) is 0 Å². The standard InChI is InChI=1S/C35H43NO12.C4H7NO5/c1-20-15-25-24-9-8-22-17-23(37)11-12-34(22,2)31(24)26(38)18-35(25,3)30(20)27(39)19-46-33(41)48-28-10-7-21(16-29(28)44-4)32(40)45-13-5-6-14-47-36(42)43;6-4(7)2-1-3-10-5(8)9/h7,10-12,16-17,20,24-26,30-31,38H,5-6,8-9,13-15,18-19H2,1-4H3;1-3H2,(H,6,7). The molecule has 0 amide bonds.